The van der Waals surface area contributed by atoms with Crippen molar-refractivity contribution in [1.82, 2.24) is 4.90 Å². The topological polar surface area (TPSA) is 66.8 Å². The van der Waals surface area contributed by atoms with Crippen molar-refractivity contribution in [3.05, 3.63) is 99.5 Å². The van der Waals surface area contributed by atoms with Crippen LogP contribution in [0.25, 0.3) is 0 Å². The van der Waals surface area contributed by atoms with E-state index in [4.69, 9.17) is 4.74 Å². The fourth-order valence-electron chi connectivity index (χ4n) is 3.36. The lowest BCUT2D eigenvalue weighted by molar-refractivity contribution is -0.136. The van der Waals surface area contributed by atoms with Gasteiger partial charge in [-0.15, -0.1) is 0 Å². The van der Waals surface area contributed by atoms with E-state index < -0.39 is 5.97 Å². The molecule has 0 aliphatic carbocycles. The average molecular weight is 482 g/mol. The fourth-order valence-corrected chi connectivity index (χ4v) is 3.85. The second-order valence-corrected chi connectivity index (χ2v) is 8.10. The highest BCUT2D eigenvalue weighted by Gasteiger charge is 2.24. The highest BCUT2D eigenvalue weighted by atomic mass is 79.9. The van der Waals surface area contributed by atoms with Gasteiger partial charge in [0.1, 0.15) is 11.3 Å². The molecule has 1 atom stereocenters. The number of carboxylic acid groups (broad SMARTS) is 1. The number of aromatic carboxylic acids is 1. The van der Waals surface area contributed by atoms with Crippen molar-refractivity contribution in [2.45, 2.75) is 26.4 Å². The Hall–Kier alpha value is -3.12. The summed E-state index contributed by atoms with van der Waals surface area (Å²) in [7, 11) is 0. The number of hydrogen-bond donors (Lipinski definition) is 1. The zero-order valence-electron chi connectivity index (χ0n) is 17.4. The van der Waals surface area contributed by atoms with Crippen molar-refractivity contribution in [2.24, 2.45) is 0 Å². The van der Waals surface area contributed by atoms with Crippen molar-refractivity contribution in [3.8, 4) is 5.75 Å². The van der Waals surface area contributed by atoms with E-state index in [-0.39, 0.29) is 29.9 Å². The van der Waals surface area contributed by atoms with E-state index >= 15 is 0 Å². The summed E-state index contributed by atoms with van der Waals surface area (Å²) in [6.07, 6.45) is 0. The van der Waals surface area contributed by atoms with E-state index in [2.05, 4.69) is 15.9 Å². The van der Waals surface area contributed by atoms with E-state index in [0.717, 1.165) is 16.7 Å². The number of carboxylic acids is 1. The van der Waals surface area contributed by atoms with Gasteiger partial charge in [0, 0.05) is 6.54 Å². The molecule has 0 radical (unpaired) electrons. The molecule has 0 heterocycles. The van der Waals surface area contributed by atoms with Crippen LogP contribution in [0.4, 0.5) is 0 Å². The molecular formula is C25H24BrNO4. The van der Waals surface area contributed by atoms with Crippen LogP contribution >= 0.6 is 15.9 Å². The number of para-hydroxylation sites is 1. The molecule has 5 nitrogen and oxygen atoms in total. The second-order valence-electron chi connectivity index (χ2n) is 7.25. The van der Waals surface area contributed by atoms with Crippen molar-refractivity contribution in [1.29, 1.82) is 0 Å². The van der Waals surface area contributed by atoms with Gasteiger partial charge in [0.15, 0.2) is 6.61 Å². The van der Waals surface area contributed by atoms with Gasteiger partial charge in [-0.25, -0.2) is 4.79 Å². The van der Waals surface area contributed by atoms with E-state index in [1.54, 1.807) is 17.0 Å². The molecule has 3 aromatic carbocycles. The lowest BCUT2D eigenvalue weighted by Crippen LogP contribution is -2.37. The zero-order chi connectivity index (χ0) is 22.4. The van der Waals surface area contributed by atoms with Crippen LogP contribution < -0.4 is 4.74 Å². The third-order valence-electron chi connectivity index (χ3n) is 5.21. The molecule has 0 aromatic heterocycles. The number of ether oxygens (including phenoxy) is 1. The molecule has 0 spiro atoms. The minimum Gasteiger partial charge on any atom is -0.482 e. The SMILES string of the molecule is Cc1ccccc1CN(C(=O)COc1c(Br)cccc1C(=O)O)[C@@H](C)c1ccccc1. The maximum atomic E-state index is 13.3. The van der Waals surface area contributed by atoms with Gasteiger partial charge in [-0.3, -0.25) is 4.79 Å². The Morgan fingerprint density at radius 2 is 1.68 bits per heavy atom. The molecule has 1 amide bonds. The first kappa shape index (κ1) is 22.6. The molecule has 0 aliphatic heterocycles. The predicted molar refractivity (Wildman–Crippen MR) is 123 cm³/mol. The largest absolute Gasteiger partial charge is 0.482 e. The van der Waals surface area contributed by atoms with Crippen LogP contribution in [0, 0.1) is 6.92 Å². The number of carbonyl (C=O) groups excluding carboxylic acids is 1. The minimum atomic E-state index is -1.11. The first-order valence-corrected chi connectivity index (χ1v) is 10.7. The molecule has 0 saturated carbocycles. The summed E-state index contributed by atoms with van der Waals surface area (Å²) in [6, 6.07) is 22.3. The molecule has 160 valence electrons. The number of benzene rings is 3. The van der Waals surface area contributed by atoms with Gasteiger partial charge in [0.2, 0.25) is 0 Å². The second kappa shape index (κ2) is 10.3. The van der Waals surface area contributed by atoms with Crippen LogP contribution in [0.3, 0.4) is 0 Å². The highest BCUT2D eigenvalue weighted by Crippen LogP contribution is 2.30. The fraction of sp³-hybridized carbons (Fsp3) is 0.200. The summed E-state index contributed by atoms with van der Waals surface area (Å²) in [4.78, 5) is 26.6. The number of nitrogens with zero attached hydrogens (tertiary/aromatic N) is 1. The molecular weight excluding hydrogens is 458 g/mol. The number of rotatable bonds is 8. The van der Waals surface area contributed by atoms with Gasteiger partial charge in [-0.05, 0) is 58.6 Å². The van der Waals surface area contributed by atoms with E-state index in [9.17, 15) is 14.7 Å². The Morgan fingerprint density at radius 1 is 1.00 bits per heavy atom. The number of carbonyl (C=O) groups is 2. The van der Waals surface area contributed by atoms with Crippen molar-refractivity contribution in [3.63, 3.8) is 0 Å². The first-order valence-electron chi connectivity index (χ1n) is 9.92. The van der Waals surface area contributed by atoms with Crippen LogP contribution in [-0.2, 0) is 11.3 Å². The summed E-state index contributed by atoms with van der Waals surface area (Å²) in [6.45, 7) is 4.15. The molecule has 0 unspecified atom stereocenters. The average Bonchev–Trinajstić information content (AvgIpc) is 2.77. The Bertz CT molecular complexity index is 1070. The summed E-state index contributed by atoms with van der Waals surface area (Å²) < 4.78 is 6.19. The summed E-state index contributed by atoms with van der Waals surface area (Å²) in [5.74, 6) is -1.20. The van der Waals surface area contributed by atoms with Crippen molar-refractivity contribution >= 4 is 27.8 Å². The zero-order valence-corrected chi connectivity index (χ0v) is 19.0. The molecule has 1 N–H and O–H groups in total. The molecule has 0 bridgehead atoms. The summed E-state index contributed by atoms with van der Waals surface area (Å²) in [5, 5.41) is 9.43. The number of halogens is 1. The Morgan fingerprint density at radius 3 is 2.35 bits per heavy atom. The van der Waals surface area contributed by atoms with Gasteiger partial charge >= 0.3 is 5.97 Å². The van der Waals surface area contributed by atoms with Gasteiger partial charge in [0.25, 0.3) is 5.91 Å². The van der Waals surface area contributed by atoms with Crippen LogP contribution in [0.1, 0.15) is 40.0 Å². The van der Waals surface area contributed by atoms with Crippen molar-refractivity contribution in [2.75, 3.05) is 6.61 Å². The number of amides is 1. The van der Waals surface area contributed by atoms with Crippen LogP contribution in [0.2, 0.25) is 0 Å². The molecule has 0 fully saturated rings. The molecule has 6 heteroatoms. The standard InChI is InChI=1S/C25H24BrNO4/c1-17-9-6-7-12-20(17)15-27(18(2)19-10-4-3-5-11-19)23(28)16-31-24-21(25(29)30)13-8-14-22(24)26/h3-14,18H,15-16H2,1-2H3,(H,29,30)/t18-/m0/s1. The molecule has 3 rings (SSSR count). The summed E-state index contributed by atoms with van der Waals surface area (Å²) >= 11 is 3.32. The molecule has 0 saturated heterocycles. The van der Waals surface area contributed by atoms with Gasteiger partial charge in [0.05, 0.1) is 10.5 Å². The maximum Gasteiger partial charge on any atom is 0.339 e. The smallest absolute Gasteiger partial charge is 0.339 e. The molecule has 0 aliphatic rings. The highest BCUT2D eigenvalue weighted by molar-refractivity contribution is 9.10. The van der Waals surface area contributed by atoms with Crippen LogP contribution in [0.5, 0.6) is 5.75 Å². The monoisotopic (exact) mass is 481 g/mol. The van der Waals surface area contributed by atoms with Gasteiger partial charge in [-0.2, -0.15) is 0 Å². The number of hydrogen-bond acceptors (Lipinski definition) is 3. The normalized spacial score (nSPS) is 11.6. The van der Waals surface area contributed by atoms with Gasteiger partial charge < -0.3 is 14.7 Å². The van der Waals surface area contributed by atoms with E-state index in [1.807, 2.05) is 68.4 Å². The van der Waals surface area contributed by atoms with Crippen molar-refractivity contribution < 1.29 is 19.4 Å². The maximum absolute atomic E-state index is 13.3. The van der Waals surface area contributed by atoms with Gasteiger partial charge in [-0.1, -0.05) is 60.7 Å². The third-order valence-corrected chi connectivity index (χ3v) is 5.83. The molecule has 3 aromatic rings. The van der Waals surface area contributed by atoms with Crippen LogP contribution in [-0.4, -0.2) is 28.5 Å². The molecule has 31 heavy (non-hydrogen) atoms. The Balaban J connectivity index is 1.86. The quantitative estimate of drug-likeness (QED) is 0.452. The van der Waals surface area contributed by atoms with E-state index in [1.165, 1.54) is 6.07 Å². The lowest BCUT2D eigenvalue weighted by atomic mass is 10.0. The number of aryl methyl sites for hydroxylation is 1. The lowest BCUT2D eigenvalue weighted by Gasteiger charge is -2.30. The Labute approximate surface area is 190 Å². The van der Waals surface area contributed by atoms with E-state index in [0.29, 0.717) is 11.0 Å². The van der Waals surface area contributed by atoms with Crippen LogP contribution in [0.15, 0.2) is 77.3 Å². The minimum absolute atomic E-state index is 0.00346. The first-order chi connectivity index (χ1) is 14.9. The predicted octanol–water partition coefficient (Wildman–Crippen LogP) is 5.62. The Kier molecular flexibility index (Phi) is 7.47. The third kappa shape index (κ3) is 5.52. The summed E-state index contributed by atoms with van der Waals surface area (Å²) in [5.41, 5.74) is 3.16.